The summed E-state index contributed by atoms with van der Waals surface area (Å²) in [6.07, 6.45) is 2.48. The third-order valence-corrected chi connectivity index (χ3v) is 2.87. The summed E-state index contributed by atoms with van der Waals surface area (Å²) in [6.45, 7) is 2.21. The van der Waals surface area contributed by atoms with Crippen molar-refractivity contribution in [3.63, 3.8) is 0 Å². The Hall–Kier alpha value is -0.310. The van der Waals surface area contributed by atoms with Crippen LogP contribution in [0.25, 0.3) is 0 Å². The Bertz CT molecular complexity index is 265. The SMILES string of the molecule is CC1(c2cc(CBr)no2)CC1. The van der Waals surface area contributed by atoms with Crippen LogP contribution in [-0.4, -0.2) is 5.16 Å². The van der Waals surface area contributed by atoms with Crippen LogP contribution in [0.15, 0.2) is 10.6 Å². The Morgan fingerprint density at radius 1 is 1.73 bits per heavy atom. The normalized spacial score (nSPS) is 20.2. The number of nitrogens with zero attached hydrogens (tertiary/aromatic N) is 1. The van der Waals surface area contributed by atoms with Crippen LogP contribution in [0.1, 0.15) is 31.2 Å². The fourth-order valence-electron chi connectivity index (χ4n) is 1.09. The molecule has 11 heavy (non-hydrogen) atoms. The number of alkyl halides is 1. The third kappa shape index (κ3) is 1.22. The van der Waals surface area contributed by atoms with Gasteiger partial charge in [0.05, 0.1) is 5.69 Å². The van der Waals surface area contributed by atoms with Crippen molar-refractivity contribution < 1.29 is 4.52 Å². The number of aromatic nitrogens is 1. The molecular weight excluding hydrogens is 206 g/mol. The largest absolute Gasteiger partial charge is 0.361 e. The molecule has 1 aromatic heterocycles. The minimum absolute atomic E-state index is 0.313. The average Bonchev–Trinajstić information content (AvgIpc) is 2.61. The number of hydrogen-bond donors (Lipinski definition) is 0. The molecule has 1 saturated carbocycles. The summed E-state index contributed by atoms with van der Waals surface area (Å²) in [5, 5.41) is 4.70. The summed E-state index contributed by atoms with van der Waals surface area (Å²) in [5.41, 5.74) is 1.31. The molecule has 0 amide bonds. The summed E-state index contributed by atoms with van der Waals surface area (Å²) < 4.78 is 5.20. The zero-order chi connectivity index (χ0) is 7.90. The lowest BCUT2D eigenvalue weighted by Gasteiger charge is -1.98. The molecule has 60 valence electrons. The lowest BCUT2D eigenvalue weighted by molar-refractivity contribution is 0.356. The first-order valence-electron chi connectivity index (χ1n) is 3.77. The zero-order valence-electron chi connectivity index (χ0n) is 6.43. The van der Waals surface area contributed by atoms with Crippen LogP contribution in [0, 0.1) is 0 Å². The van der Waals surface area contributed by atoms with Crippen LogP contribution >= 0.6 is 15.9 Å². The van der Waals surface area contributed by atoms with Crippen LogP contribution in [0.2, 0.25) is 0 Å². The van der Waals surface area contributed by atoms with Crippen molar-refractivity contribution in [2.45, 2.75) is 30.5 Å². The number of rotatable bonds is 2. The third-order valence-electron chi connectivity index (χ3n) is 2.29. The highest BCUT2D eigenvalue weighted by Crippen LogP contribution is 2.47. The van der Waals surface area contributed by atoms with Crippen LogP contribution < -0.4 is 0 Å². The summed E-state index contributed by atoms with van der Waals surface area (Å²) in [4.78, 5) is 0. The van der Waals surface area contributed by atoms with E-state index in [2.05, 4.69) is 28.0 Å². The van der Waals surface area contributed by atoms with Gasteiger partial charge in [-0.25, -0.2) is 0 Å². The summed E-state index contributed by atoms with van der Waals surface area (Å²) >= 11 is 3.34. The molecule has 0 aromatic carbocycles. The van der Waals surface area contributed by atoms with Gasteiger partial charge in [-0.05, 0) is 12.8 Å². The Morgan fingerprint density at radius 3 is 2.91 bits per heavy atom. The first kappa shape index (κ1) is 7.35. The van der Waals surface area contributed by atoms with Crippen molar-refractivity contribution >= 4 is 15.9 Å². The molecule has 0 bridgehead atoms. The Morgan fingerprint density at radius 2 is 2.45 bits per heavy atom. The van der Waals surface area contributed by atoms with Crippen molar-refractivity contribution in [1.82, 2.24) is 5.16 Å². The second-order valence-electron chi connectivity index (χ2n) is 3.38. The van der Waals surface area contributed by atoms with E-state index in [4.69, 9.17) is 4.52 Å². The van der Waals surface area contributed by atoms with E-state index < -0.39 is 0 Å². The van der Waals surface area contributed by atoms with Crippen molar-refractivity contribution in [3.05, 3.63) is 17.5 Å². The minimum atomic E-state index is 0.313. The van der Waals surface area contributed by atoms with Gasteiger partial charge in [0.25, 0.3) is 0 Å². The first-order chi connectivity index (χ1) is 5.24. The van der Waals surface area contributed by atoms with Gasteiger partial charge in [0.1, 0.15) is 5.76 Å². The van der Waals surface area contributed by atoms with Crippen molar-refractivity contribution in [2.24, 2.45) is 0 Å². The smallest absolute Gasteiger partial charge is 0.142 e. The Kier molecular flexibility index (Phi) is 1.56. The van der Waals surface area contributed by atoms with Gasteiger partial charge in [0.15, 0.2) is 0 Å². The quantitative estimate of drug-likeness (QED) is 0.710. The van der Waals surface area contributed by atoms with Gasteiger partial charge >= 0.3 is 0 Å². The van der Waals surface area contributed by atoms with E-state index in [-0.39, 0.29) is 0 Å². The molecule has 0 atom stereocenters. The summed E-state index contributed by atoms with van der Waals surface area (Å²) in [7, 11) is 0. The molecule has 2 nitrogen and oxygen atoms in total. The summed E-state index contributed by atoms with van der Waals surface area (Å²) in [5.74, 6) is 1.05. The topological polar surface area (TPSA) is 26.0 Å². The highest BCUT2D eigenvalue weighted by atomic mass is 79.9. The van der Waals surface area contributed by atoms with Gasteiger partial charge < -0.3 is 4.52 Å². The minimum Gasteiger partial charge on any atom is -0.361 e. The van der Waals surface area contributed by atoms with E-state index >= 15 is 0 Å². The van der Waals surface area contributed by atoms with Crippen LogP contribution in [0.4, 0.5) is 0 Å². The standard InChI is InChI=1S/C8H10BrNO/c1-8(2-3-8)7-4-6(5-9)10-11-7/h4H,2-3,5H2,1H3. The molecule has 1 fully saturated rings. The van der Waals surface area contributed by atoms with Crippen molar-refractivity contribution in [3.8, 4) is 0 Å². The monoisotopic (exact) mass is 215 g/mol. The van der Waals surface area contributed by atoms with E-state index in [0.717, 1.165) is 16.8 Å². The molecular formula is C8H10BrNO. The molecule has 0 aliphatic heterocycles. The molecule has 0 saturated heterocycles. The lowest BCUT2D eigenvalue weighted by Crippen LogP contribution is -1.95. The maximum absolute atomic E-state index is 5.20. The highest BCUT2D eigenvalue weighted by Gasteiger charge is 2.42. The molecule has 1 aromatic rings. The van der Waals surface area contributed by atoms with Gasteiger partial charge in [-0.1, -0.05) is 28.0 Å². The molecule has 3 heteroatoms. The predicted octanol–water partition coefficient (Wildman–Crippen LogP) is 2.62. The molecule has 2 rings (SSSR count). The molecule has 0 radical (unpaired) electrons. The van der Waals surface area contributed by atoms with Gasteiger partial charge in [0, 0.05) is 16.8 Å². The number of hydrogen-bond acceptors (Lipinski definition) is 2. The van der Waals surface area contributed by atoms with E-state index in [0.29, 0.717) is 5.41 Å². The molecule has 1 aliphatic carbocycles. The van der Waals surface area contributed by atoms with Gasteiger partial charge in [-0.15, -0.1) is 0 Å². The highest BCUT2D eigenvalue weighted by molar-refractivity contribution is 9.08. The molecule has 0 unspecified atom stereocenters. The first-order valence-corrected chi connectivity index (χ1v) is 4.89. The van der Waals surface area contributed by atoms with Crippen LogP contribution in [0.5, 0.6) is 0 Å². The maximum Gasteiger partial charge on any atom is 0.142 e. The van der Waals surface area contributed by atoms with E-state index in [1.807, 2.05) is 6.07 Å². The van der Waals surface area contributed by atoms with Gasteiger partial charge in [0.2, 0.25) is 0 Å². The molecule has 0 spiro atoms. The van der Waals surface area contributed by atoms with Gasteiger partial charge in [-0.3, -0.25) is 0 Å². The van der Waals surface area contributed by atoms with E-state index in [1.165, 1.54) is 12.8 Å². The van der Waals surface area contributed by atoms with E-state index in [1.54, 1.807) is 0 Å². The molecule has 1 aliphatic rings. The fraction of sp³-hybridized carbons (Fsp3) is 0.625. The number of halogens is 1. The lowest BCUT2D eigenvalue weighted by atomic mass is 10.1. The van der Waals surface area contributed by atoms with Crippen molar-refractivity contribution in [1.29, 1.82) is 0 Å². The predicted molar refractivity (Wildman–Crippen MR) is 45.7 cm³/mol. The maximum atomic E-state index is 5.20. The molecule has 0 N–H and O–H groups in total. The Balaban J connectivity index is 2.25. The van der Waals surface area contributed by atoms with Crippen LogP contribution in [-0.2, 0) is 10.7 Å². The van der Waals surface area contributed by atoms with Gasteiger partial charge in [-0.2, -0.15) is 0 Å². The van der Waals surface area contributed by atoms with Crippen molar-refractivity contribution in [2.75, 3.05) is 0 Å². The Labute approximate surface area is 74.1 Å². The average molecular weight is 216 g/mol. The second-order valence-corrected chi connectivity index (χ2v) is 3.94. The summed E-state index contributed by atoms with van der Waals surface area (Å²) in [6, 6.07) is 2.04. The fourth-order valence-corrected chi connectivity index (χ4v) is 1.36. The zero-order valence-corrected chi connectivity index (χ0v) is 8.02. The van der Waals surface area contributed by atoms with E-state index in [9.17, 15) is 0 Å². The molecule has 1 heterocycles. The van der Waals surface area contributed by atoms with Crippen LogP contribution in [0.3, 0.4) is 0 Å². The second kappa shape index (κ2) is 2.34.